The van der Waals surface area contributed by atoms with E-state index < -0.39 is 0 Å². The predicted molar refractivity (Wildman–Crippen MR) is 99.6 cm³/mol. The molecule has 21 heavy (non-hydrogen) atoms. The minimum Gasteiger partial charge on any atom is -0.133 e. The Labute approximate surface area is 134 Å². The van der Waals surface area contributed by atoms with Crippen molar-refractivity contribution in [3.05, 3.63) is 47.5 Å². The van der Waals surface area contributed by atoms with Crippen LogP contribution in [0.2, 0.25) is 0 Å². The van der Waals surface area contributed by atoms with Crippen LogP contribution in [-0.2, 0) is 0 Å². The second-order valence-corrected chi connectivity index (χ2v) is 8.75. The zero-order valence-electron chi connectivity index (χ0n) is 11.7. The highest BCUT2D eigenvalue weighted by Gasteiger charge is 2.16. The number of fused-ring (bicyclic) bond motifs is 7. The lowest BCUT2D eigenvalue weighted by molar-refractivity contribution is 1.52. The number of hydrogen-bond acceptors (Lipinski definition) is 3. The van der Waals surface area contributed by atoms with E-state index in [4.69, 9.17) is 0 Å². The van der Waals surface area contributed by atoms with Crippen molar-refractivity contribution < 1.29 is 0 Å². The maximum atomic E-state index is 2.33. The van der Waals surface area contributed by atoms with E-state index in [9.17, 15) is 0 Å². The van der Waals surface area contributed by atoms with Crippen LogP contribution in [0.1, 0.15) is 11.1 Å². The van der Waals surface area contributed by atoms with Crippen LogP contribution in [0.5, 0.6) is 0 Å². The molecular weight excluding hydrogens is 312 g/mol. The minimum atomic E-state index is 1.35. The standard InChI is InChI=1S/C18H12S3/c1-9-3-5-13-11(7-9)15-17(19-13)18-16(21-15)12-8-10(2)4-6-14(12)20-18/h3-8H,1-2H3. The summed E-state index contributed by atoms with van der Waals surface area (Å²) < 4.78 is 8.74. The average molecular weight is 324 g/mol. The van der Waals surface area contributed by atoms with Crippen molar-refractivity contribution in [1.82, 2.24) is 0 Å². The highest BCUT2D eigenvalue weighted by atomic mass is 32.1. The van der Waals surface area contributed by atoms with E-state index in [0.29, 0.717) is 0 Å². The van der Waals surface area contributed by atoms with E-state index in [2.05, 4.69) is 50.2 Å². The first-order chi connectivity index (χ1) is 10.2. The molecule has 0 unspecified atom stereocenters. The topological polar surface area (TPSA) is 0 Å². The number of rotatable bonds is 0. The van der Waals surface area contributed by atoms with Gasteiger partial charge in [0.15, 0.2) is 0 Å². The smallest absolute Gasteiger partial charge is 0.0642 e. The van der Waals surface area contributed by atoms with Gasteiger partial charge in [0.2, 0.25) is 0 Å². The summed E-state index contributed by atoms with van der Waals surface area (Å²) in [4.78, 5) is 0. The fourth-order valence-electron chi connectivity index (χ4n) is 2.98. The molecule has 0 N–H and O–H groups in total. The van der Waals surface area contributed by atoms with Gasteiger partial charge in [-0.25, -0.2) is 0 Å². The van der Waals surface area contributed by atoms with Gasteiger partial charge in [-0.2, -0.15) is 0 Å². The van der Waals surface area contributed by atoms with Crippen molar-refractivity contribution in [1.29, 1.82) is 0 Å². The fraction of sp³-hybridized carbons (Fsp3) is 0.111. The Morgan fingerprint density at radius 3 is 1.52 bits per heavy atom. The Morgan fingerprint density at radius 2 is 1.05 bits per heavy atom. The van der Waals surface area contributed by atoms with Gasteiger partial charge in [0.25, 0.3) is 0 Å². The van der Waals surface area contributed by atoms with Crippen LogP contribution in [-0.4, -0.2) is 0 Å². The Morgan fingerprint density at radius 1 is 0.571 bits per heavy atom. The van der Waals surface area contributed by atoms with Gasteiger partial charge in [-0.15, -0.1) is 34.0 Å². The van der Waals surface area contributed by atoms with Gasteiger partial charge in [0, 0.05) is 20.2 Å². The van der Waals surface area contributed by atoms with Crippen molar-refractivity contribution in [2.45, 2.75) is 13.8 Å². The molecule has 0 aliphatic carbocycles. The molecular formula is C18H12S3. The maximum absolute atomic E-state index is 2.33. The molecule has 2 aromatic carbocycles. The SMILES string of the molecule is Cc1ccc2sc3c(sc4c5cc(C)ccc5sc43)c2c1. The Kier molecular flexibility index (Phi) is 2.35. The molecule has 0 amide bonds. The third-order valence-electron chi connectivity index (χ3n) is 4.01. The van der Waals surface area contributed by atoms with Crippen LogP contribution >= 0.6 is 34.0 Å². The molecule has 0 bridgehead atoms. The number of aryl methyl sites for hydroxylation is 2. The van der Waals surface area contributed by atoms with Crippen molar-refractivity contribution in [3.63, 3.8) is 0 Å². The third-order valence-corrected chi connectivity index (χ3v) is 8.03. The van der Waals surface area contributed by atoms with Gasteiger partial charge < -0.3 is 0 Å². The second-order valence-electron chi connectivity index (χ2n) is 5.62. The van der Waals surface area contributed by atoms with Crippen LogP contribution in [0.3, 0.4) is 0 Å². The fourth-order valence-corrected chi connectivity index (χ4v) is 7.19. The molecule has 3 heteroatoms. The second kappa shape index (κ2) is 4.07. The Hall–Kier alpha value is -1.42. The molecule has 102 valence electrons. The zero-order chi connectivity index (χ0) is 14.1. The first-order valence-electron chi connectivity index (χ1n) is 6.95. The van der Waals surface area contributed by atoms with Crippen molar-refractivity contribution in [3.8, 4) is 0 Å². The van der Waals surface area contributed by atoms with Gasteiger partial charge in [0.05, 0.1) is 18.8 Å². The first kappa shape index (κ1) is 12.2. The summed E-state index contributed by atoms with van der Waals surface area (Å²) in [5, 5.41) is 2.87. The van der Waals surface area contributed by atoms with Gasteiger partial charge >= 0.3 is 0 Å². The highest BCUT2D eigenvalue weighted by Crippen LogP contribution is 2.49. The summed E-state index contributed by atoms with van der Waals surface area (Å²) in [5.41, 5.74) is 2.69. The summed E-state index contributed by atoms with van der Waals surface area (Å²) in [5.74, 6) is 0. The lowest BCUT2D eigenvalue weighted by atomic mass is 10.2. The molecule has 3 heterocycles. The van der Waals surface area contributed by atoms with Crippen molar-refractivity contribution >= 4 is 73.0 Å². The summed E-state index contributed by atoms with van der Waals surface area (Å²) in [6, 6.07) is 13.6. The first-order valence-corrected chi connectivity index (χ1v) is 9.40. The number of benzene rings is 2. The van der Waals surface area contributed by atoms with E-state index in [1.807, 2.05) is 34.0 Å². The largest absolute Gasteiger partial charge is 0.133 e. The molecule has 0 nitrogen and oxygen atoms in total. The molecule has 0 radical (unpaired) electrons. The third kappa shape index (κ3) is 1.60. The van der Waals surface area contributed by atoms with E-state index in [-0.39, 0.29) is 0 Å². The maximum Gasteiger partial charge on any atom is 0.0642 e. The van der Waals surface area contributed by atoms with Gasteiger partial charge in [-0.3, -0.25) is 0 Å². The summed E-state index contributed by atoms with van der Waals surface area (Å²) in [6.45, 7) is 4.36. The zero-order valence-corrected chi connectivity index (χ0v) is 14.1. The monoisotopic (exact) mass is 324 g/mol. The van der Waals surface area contributed by atoms with Crippen LogP contribution in [0.4, 0.5) is 0 Å². The van der Waals surface area contributed by atoms with Gasteiger partial charge in [-0.05, 0) is 38.1 Å². The van der Waals surface area contributed by atoms with Crippen LogP contribution in [0, 0.1) is 13.8 Å². The van der Waals surface area contributed by atoms with Crippen LogP contribution < -0.4 is 0 Å². The molecule has 0 fully saturated rings. The van der Waals surface area contributed by atoms with E-state index in [1.54, 1.807) is 0 Å². The summed E-state index contributed by atoms with van der Waals surface area (Å²) in [6.07, 6.45) is 0. The molecule has 0 saturated heterocycles. The van der Waals surface area contributed by atoms with Crippen LogP contribution in [0.25, 0.3) is 39.0 Å². The molecule has 3 aromatic heterocycles. The quantitative estimate of drug-likeness (QED) is 0.285. The molecule has 0 aliphatic heterocycles. The molecule has 0 atom stereocenters. The van der Waals surface area contributed by atoms with Gasteiger partial charge in [-0.1, -0.05) is 23.3 Å². The van der Waals surface area contributed by atoms with E-state index in [0.717, 1.165) is 0 Å². The Balaban J connectivity index is 2.02. The predicted octanol–water partition coefficient (Wildman–Crippen LogP) is 7.10. The lowest BCUT2D eigenvalue weighted by Gasteiger charge is -1.93. The molecule has 5 rings (SSSR count). The molecule has 5 aromatic rings. The Bertz CT molecular complexity index is 1060. The summed E-state index contributed by atoms with van der Waals surface area (Å²) in [7, 11) is 0. The van der Waals surface area contributed by atoms with E-state index in [1.165, 1.54) is 50.1 Å². The van der Waals surface area contributed by atoms with E-state index >= 15 is 0 Å². The molecule has 0 aliphatic rings. The number of thiophene rings is 3. The van der Waals surface area contributed by atoms with Crippen molar-refractivity contribution in [2.75, 3.05) is 0 Å². The average Bonchev–Trinajstić information content (AvgIpc) is 3.08. The minimum absolute atomic E-state index is 1.35. The lowest BCUT2D eigenvalue weighted by Crippen LogP contribution is -1.69. The molecule has 0 saturated carbocycles. The number of hydrogen-bond donors (Lipinski definition) is 0. The van der Waals surface area contributed by atoms with Gasteiger partial charge in [0.1, 0.15) is 0 Å². The van der Waals surface area contributed by atoms with Crippen LogP contribution in [0.15, 0.2) is 36.4 Å². The van der Waals surface area contributed by atoms with Crippen molar-refractivity contribution in [2.24, 2.45) is 0 Å². The highest BCUT2D eigenvalue weighted by molar-refractivity contribution is 7.43. The normalized spacial score (nSPS) is 12.3. The summed E-state index contributed by atoms with van der Waals surface area (Å²) >= 11 is 5.87. The molecule has 0 spiro atoms.